The number of amides is 2. The smallest absolute Gasteiger partial charge is 0.228 e. The predicted molar refractivity (Wildman–Crippen MR) is 90.3 cm³/mol. The maximum absolute atomic E-state index is 12.3. The summed E-state index contributed by atoms with van der Waals surface area (Å²) < 4.78 is 5.49. The van der Waals surface area contributed by atoms with Crippen LogP contribution in [-0.2, 0) is 9.59 Å². The standard InChI is InChI=1S/C18H26N2O3/c1-4-23-16-8-6-5-7-15(16)20-18(22)14-11-13(14)17(21)19-10-9-12(2)3/h5-8,12-14H,4,9-11H2,1-3H3,(H,19,21)(H,20,22). The van der Waals surface area contributed by atoms with E-state index in [1.54, 1.807) is 0 Å². The van der Waals surface area contributed by atoms with E-state index in [9.17, 15) is 9.59 Å². The van der Waals surface area contributed by atoms with Crippen molar-refractivity contribution < 1.29 is 14.3 Å². The molecule has 1 saturated carbocycles. The first-order chi connectivity index (χ1) is 11.0. The van der Waals surface area contributed by atoms with Gasteiger partial charge in [0, 0.05) is 6.54 Å². The molecular weight excluding hydrogens is 292 g/mol. The zero-order valence-electron chi connectivity index (χ0n) is 14.1. The second-order valence-corrected chi connectivity index (χ2v) is 6.34. The summed E-state index contributed by atoms with van der Waals surface area (Å²) in [6.45, 7) is 7.35. The number of hydrogen-bond donors (Lipinski definition) is 2. The zero-order valence-corrected chi connectivity index (χ0v) is 14.1. The van der Waals surface area contributed by atoms with Crippen LogP contribution < -0.4 is 15.4 Å². The summed E-state index contributed by atoms with van der Waals surface area (Å²) in [5.74, 6) is 0.667. The van der Waals surface area contributed by atoms with E-state index in [4.69, 9.17) is 4.74 Å². The molecule has 0 radical (unpaired) electrons. The second kappa shape index (κ2) is 7.99. The molecule has 1 aromatic rings. The molecule has 2 atom stereocenters. The van der Waals surface area contributed by atoms with Gasteiger partial charge in [0.05, 0.1) is 24.1 Å². The van der Waals surface area contributed by atoms with Gasteiger partial charge < -0.3 is 15.4 Å². The van der Waals surface area contributed by atoms with Gasteiger partial charge in [-0.15, -0.1) is 0 Å². The number of rotatable bonds is 8. The molecule has 0 saturated heterocycles. The van der Waals surface area contributed by atoms with E-state index in [-0.39, 0.29) is 23.7 Å². The van der Waals surface area contributed by atoms with Crippen LogP contribution in [0.3, 0.4) is 0 Å². The molecule has 1 aliphatic carbocycles. The van der Waals surface area contributed by atoms with Gasteiger partial charge in [-0.1, -0.05) is 26.0 Å². The molecule has 2 amide bonds. The number of anilines is 1. The van der Waals surface area contributed by atoms with Crippen LogP contribution >= 0.6 is 0 Å². The summed E-state index contributed by atoms with van der Waals surface area (Å²) >= 11 is 0. The van der Waals surface area contributed by atoms with Crippen molar-refractivity contribution in [1.82, 2.24) is 5.32 Å². The fourth-order valence-corrected chi connectivity index (χ4v) is 2.47. The Labute approximate surface area is 137 Å². The molecule has 5 heteroatoms. The van der Waals surface area contributed by atoms with Gasteiger partial charge in [-0.2, -0.15) is 0 Å². The lowest BCUT2D eigenvalue weighted by atomic mass is 10.1. The van der Waals surface area contributed by atoms with Crippen molar-refractivity contribution in [3.05, 3.63) is 24.3 Å². The monoisotopic (exact) mass is 318 g/mol. The third-order valence-corrected chi connectivity index (χ3v) is 3.93. The average Bonchev–Trinajstić information content (AvgIpc) is 3.29. The van der Waals surface area contributed by atoms with E-state index in [1.165, 1.54) is 0 Å². The maximum Gasteiger partial charge on any atom is 0.228 e. The molecule has 2 unspecified atom stereocenters. The van der Waals surface area contributed by atoms with Crippen LogP contribution in [0.5, 0.6) is 5.75 Å². The van der Waals surface area contributed by atoms with E-state index in [0.717, 1.165) is 6.42 Å². The van der Waals surface area contributed by atoms with E-state index in [2.05, 4.69) is 24.5 Å². The van der Waals surface area contributed by atoms with Gasteiger partial charge in [0.15, 0.2) is 0 Å². The fraction of sp³-hybridized carbons (Fsp3) is 0.556. The molecule has 126 valence electrons. The molecule has 0 aliphatic heterocycles. The van der Waals surface area contributed by atoms with Crippen molar-refractivity contribution in [3.8, 4) is 5.75 Å². The zero-order chi connectivity index (χ0) is 16.8. The topological polar surface area (TPSA) is 67.4 Å². The summed E-state index contributed by atoms with van der Waals surface area (Å²) in [5.41, 5.74) is 0.658. The Morgan fingerprint density at radius 3 is 2.61 bits per heavy atom. The van der Waals surface area contributed by atoms with Gasteiger partial charge in [-0.05, 0) is 37.8 Å². The Balaban J connectivity index is 1.83. The van der Waals surface area contributed by atoms with Crippen molar-refractivity contribution in [2.45, 2.75) is 33.6 Å². The maximum atomic E-state index is 12.3. The Kier molecular flexibility index (Phi) is 6.02. The third-order valence-electron chi connectivity index (χ3n) is 3.93. The fourth-order valence-electron chi connectivity index (χ4n) is 2.47. The lowest BCUT2D eigenvalue weighted by molar-refractivity contribution is -0.125. The highest BCUT2D eigenvalue weighted by Gasteiger charge is 2.48. The van der Waals surface area contributed by atoms with Crippen molar-refractivity contribution in [1.29, 1.82) is 0 Å². The lowest BCUT2D eigenvalue weighted by Gasteiger charge is -2.11. The van der Waals surface area contributed by atoms with Crippen LogP contribution in [0, 0.1) is 17.8 Å². The minimum Gasteiger partial charge on any atom is -0.492 e. The molecular formula is C18H26N2O3. The molecule has 23 heavy (non-hydrogen) atoms. The Morgan fingerprint density at radius 2 is 1.91 bits per heavy atom. The first kappa shape index (κ1) is 17.3. The molecule has 0 bridgehead atoms. The van der Waals surface area contributed by atoms with Gasteiger partial charge in [0.1, 0.15) is 5.75 Å². The first-order valence-electron chi connectivity index (χ1n) is 8.33. The van der Waals surface area contributed by atoms with Crippen LogP contribution in [0.15, 0.2) is 24.3 Å². The van der Waals surface area contributed by atoms with Crippen molar-refractivity contribution in [2.75, 3.05) is 18.5 Å². The Morgan fingerprint density at radius 1 is 1.22 bits per heavy atom. The summed E-state index contributed by atoms with van der Waals surface area (Å²) in [6, 6.07) is 7.34. The number of hydrogen-bond acceptors (Lipinski definition) is 3. The van der Waals surface area contributed by atoms with E-state index >= 15 is 0 Å². The molecule has 5 nitrogen and oxygen atoms in total. The van der Waals surface area contributed by atoms with Crippen LogP contribution in [0.2, 0.25) is 0 Å². The average molecular weight is 318 g/mol. The second-order valence-electron chi connectivity index (χ2n) is 6.34. The molecule has 0 spiro atoms. The van der Waals surface area contributed by atoms with Crippen molar-refractivity contribution in [3.63, 3.8) is 0 Å². The molecule has 1 aromatic carbocycles. The summed E-state index contributed by atoms with van der Waals surface area (Å²) in [7, 11) is 0. The lowest BCUT2D eigenvalue weighted by Crippen LogP contribution is -2.28. The molecule has 1 fully saturated rings. The van der Waals surface area contributed by atoms with Gasteiger partial charge in [-0.3, -0.25) is 9.59 Å². The van der Waals surface area contributed by atoms with Gasteiger partial charge in [0.25, 0.3) is 0 Å². The molecule has 0 aromatic heterocycles. The minimum absolute atomic E-state index is 0.0103. The van der Waals surface area contributed by atoms with Gasteiger partial charge >= 0.3 is 0 Å². The third kappa shape index (κ3) is 4.98. The Hall–Kier alpha value is -2.04. The van der Waals surface area contributed by atoms with Crippen molar-refractivity contribution in [2.24, 2.45) is 17.8 Å². The molecule has 2 N–H and O–H groups in total. The van der Waals surface area contributed by atoms with Gasteiger partial charge in [0.2, 0.25) is 11.8 Å². The quantitative estimate of drug-likeness (QED) is 0.774. The van der Waals surface area contributed by atoms with Crippen molar-refractivity contribution >= 4 is 17.5 Å². The summed E-state index contributed by atoms with van der Waals surface area (Å²) in [6.07, 6.45) is 1.58. The summed E-state index contributed by atoms with van der Waals surface area (Å²) in [5, 5.41) is 5.79. The highest BCUT2D eigenvalue weighted by molar-refractivity contribution is 6.00. The predicted octanol–water partition coefficient (Wildman–Crippen LogP) is 2.82. The van der Waals surface area contributed by atoms with Crippen LogP contribution in [0.1, 0.15) is 33.6 Å². The molecule has 1 aliphatic rings. The van der Waals surface area contributed by atoms with Crippen LogP contribution in [0.25, 0.3) is 0 Å². The normalized spacial score (nSPS) is 19.3. The van der Waals surface area contributed by atoms with E-state index in [1.807, 2.05) is 31.2 Å². The first-order valence-corrected chi connectivity index (χ1v) is 8.33. The van der Waals surface area contributed by atoms with Gasteiger partial charge in [-0.25, -0.2) is 0 Å². The number of carbonyl (C=O) groups is 2. The Bertz CT molecular complexity index is 557. The summed E-state index contributed by atoms with van der Waals surface area (Å²) in [4.78, 5) is 24.3. The highest BCUT2D eigenvalue weighted by Crippen LogP contribution is 2.40. The minimum atomic E-state index is -0.233. The highest BCUT2D eigenvalue weighted by atomic mass is 16.5. The number of ether oxygens (including phenoxy) is 1. The number of nitrogens with one attached hydrogen (secondary N) is 2. The number of benzene rings is 1. The van der Waals surface area contributed by atoms with E-state index < -0.39 is 0 Å². The van der Waals surface area contributed by atoms with Crippen LogP contribution in [-0.4, -0.2) is 25.0 Å². The number of para-hydroxylation sites is 2. The molecule has 2 rings (SSSR count). The van der Waals surface area contributed by atoms with Crippen LogP contribution in [0.4, 0.5) is 5.69 Å². The van der Waals surface area contributed by atoms with E-state index in [0.29, 0.717) is 36.9 Å². The molecule has 0 heterocycles. The SMILES string of the molecule is CCOc1ccccc1NC(=O)C1CC1C(=O)NCCC(C)C. The largest absolute Gasteiger partial charge is 0.492 e. The number of carbonyl (C=O) groups excluding carboxylic acids is 2.